The van der Waals surface area contributed by atoms with Crippen LogP contribution in [0, 0.1) is 19.8 Å². The lowest BCUT2D eigenvalue weighted by Gasteiger charge is -2.21. The molecule has 0 saturated heterocycles. The maximum atomic E-state index is 10.8. The number of ether oxygens (including phenoxy) is 3. The average Bonchev–Trinajstić information content (AvgIpc) is 3.51. The van der Waals surface area contributed by atoms with Crippen LogP contribution in [0.2, 0.25) is 0 Å². The predicted molar refractivity (Wildman–Crippen MR) is 157 cm³/mol. The summed E-state index contributed by atoms with van der Waals surface area (Å²) in [6, 6.07) is 8.81. The summed E-state index contributed by atoms with van der Waals surface area (Å²) in [5.41, 5.74) is 3.40. The first kappa shape index (κ1) is 29.4. The van der Waals surface area contributed by atoms with E-state index in [2.05, 4.69) is 15.6 Å². The summed E-state index contributed by atoms with van der Waals surface area (Å²) < 4.78 is 22.8. The van der Waals surface area contributed by atoms with Crippen LogP contribution in [-0.4, -0.2) is 76.0 Å². The van der Waals surface area contributed by atoms with Crippen molar-refractivity contribution in [1.82, 2.24) is 15.0 Å². The largest absolute Gasteiger partial charge is 0.497 e. The third kappa shape index (κ3) is 5.91. The van der Waals surface area contributed by atoms with Gasteiger partial charge < -0.3 is 44.6 Å². The Bertz CT molecular complexity index is 1540. The maximum absolute atomic E-state index is 10.8. The minimum atomic E-state index is -1.10. The number of aliphatic hydroxyl groups excluding tert-OH is 3. The Labute approximate surface area is 243 Å². The van der Waals surface area contributed by atoms with Crippen LogP contribution in [0.4, 0.5) is 11.8 Å². The molecule has 1 aliphatic rings. The van der Waals surface area contributed by atoms with Crippen molar-refractivity contribution in [2.75, 3.05) is 38.1 Å². The molecule has 0 radical (unpaired) electrons. The number of furan rings is 1. The van der Waals surface area contributed by atoms with Gasteiger partial charge in [0.05, 0.1) is 44.2 Å². The number of aliphatic hydroxyl groups is 3. The molecule has 4 aromatic rings. The van der Waals surface area contributed by atoms with E-state index in [1.165, 1.54) is 0 Å². The van der Waals surface area contributed by atoms with Crippen molar-refractivity contribution in [2.45, 2.75) is 52.0 Å². The number of methoxy groups -OCH3 is 2. The second kappa shape index (κ2) is 12.4. The first-order valence-electron chi connectivity index (χ1n) is 13.9. The molecule has 12 nitrogen and oxygen atoms in total. The molecule has 1 aliphatic carbocycles. The molecule has 1 fully saturated rings. The molecule has 42 heavy (non-hydrogen) atoms. The number of hydrogen-bond acceptors (Lipinski definition) is 12. The predicted octanol–water partition coefficient (Wildman–Crippen LogP) is 3.44. The van der Waals surface area contributed by atoms with Crippen molar-refractivity contribution in [3.05, 3.63) is 47.3 Å². The van der Waals surface area contributed by atoms with Crippen molar-refractivity contribution in [2.24, 2.45) is 5.92 Å². The van der Waals surface area contributed by atoms with Gasteiger partial charge in [-0.15, -0.1) is 0 Å². The highest BCUT2D eigenvalue weighted by atomic mass is 16.5. The molecule has 4 atom stereocenters. The van der Waals surface area contributed by atoms with E-state index >= 15 is 0 Å². The van der Waals surface area contributed by atoms with Crippen molar-refractivity contribution < 1.29 is 33.9 Å². The van der Waals surface area contributed by atoms with Gasteiger partial charge in [0.25, 0.3) is 5.88 Å². The first-order valence-corrected chi connectivity index (χ1v) is 13.9. The van der Waals surface area contributed by atoms with E-state index in [-0.39, 0.29) is 6.61 Å². The van der Waals surface area contributed by atoms with E-state index in [1.807, 2.05) is 45.0 Å². The van der Waals surface area contributed by atoms with Crippen LogP contribution < -0.4 is 24.8 Å². The van der Waals surface area contributed by atoms with Gasteiger partial charge in [-0.3, -0.25) is 0 Å². The molecule has 0 bridgehead atoms. The molecule has 0 amide bonds. The van der Waals surface area contributed by atoms with Crippen LogP contribution >= 0.6 is 0 Å². The van der Waals surface area contributed by atoms with Crippen molar-refractivity contribution in [3.8, 4) is 28.7 Å². The zero-order valence-corrected chi connectivity index (χ0v) is 24.3. The average molecular weight is 580 g/mol. The van der Waals surface area contributed by atoms with Crippen LogP contribution in [0.1, 0.15) is 30.3 Å². The van der Waals surface area contributed by atoms with Crippen LogP contribution in [-0.2, 0) is 6.54 Å². The molecule has 1 saturated carbocycles. The Kier molecular flexibility index (Phi) is 8.66. The fraction of sp³-hybridized carbons (Fsp3) is 0.433. The zero-order valence-electron chi connectivity index (χ0n) is 24.3. The molecular formula is C30H37N5O7. The Morgan fingerprint density at radius 3 is 2.36 bits per heavy atom. The normalized spacial score (nSPS) is 20.1. The van der Waals surface area contributed by atoms with Crippen molar-refractivity contribution in [3.63, 3.8) is 0 Å². The monoisotopic (exact) mass is 579 g/mol. The summed E-state index contributed by atoms with van der Waals surface area (Å²) in [6.07, 6.45) is -1.81. The lowest BCUT2D eigenvalue weighted by atomic mass is 10.1. The van der Waals surface area contributed by atoms with Crippen molar-refractivity contribution >= 4 is 22.7 Å². The van der Waals surface area contributed by atoms with Crippen LogP contribution in [0.15, 0.2) is 34.7 Å². The van der Waals surface area contributed by atoms with E-state index in [0.29, 0.717) is 71.3 Å². The third-order valence-corrected chi connectivity index (χ3v) is 7.44. The molecule has 5 N–H and O–H groups in total. The number of aryl methyl sites for hydroxylation is 2. The number of fused-ring (bicyclic) bond motifs is 1. The van der Waals surface area contributed by atoms with Crippen LogP contribution in [0.3, 0.4) is 0 Å². The summed E-state index contributed by atoms with van der Waals surface area (Å²) in [5, 5.41) is 38.3. The van der Waals surface area contributed by atoms with E-state index in [0.717, 1.165) is 16.6 Å². The Morgan fingerprint density at radius 1 is 0.976 bits per heavy atom. The van der Waals surface area contributed by atoms with Gasteiger partial charge in [-0.2, -0.15) is 4.98 Å². The SMILES string of the molecule is CCOc1nc(C)cc2cc(-c3c(C)nc(NCc4cc(OC)cc(OC)c4)nc3N[C@@H]3C[C@H](CO)[C@@H](O)[C@H]3O)oc12. The summed E-state index contributed by atoms with van der Waals surface area (Å²) in [5.74, 6) is 2.51. The van der Waals surface area contributed by atoms with Crippen molar-refractivity contribution in [1.29, 1.82) is 0 Å². The third-order valence-electron chi connectivity index (χ3n) is 7.44. The highest BCUT2D eigenvalue weighted by Gasteiger charge is 2.41. The fourth-order valence-corrected chi connectivity index (χ4v) is 5.33. The molecule has 224 valence electrons. The molecule has 0 unspecified atom stereocenters. The lowest BCUT2D eigenvalue weighted by molar-refractivity contribution is 0.00446. The fourth-order valence-electron chi connectivity index (χ4n) is 5.33. The number of hydrogen-bond donors (Lipinski definition) is 5. The molecular weight excluding hydrogens is 542 g/mol. The van der Waals surface area contributed by atoms with Gasteiger partial charge in [0.2, 0.25) is 5.95 Å². The maximum Gasteiger partial charge on any atom is 0.258 e. The molecule has 0 spiro atoms. The smallest absolute Gasteiger partial charge is 0.258 e. The van der Waals surface area contributed by atoms with E-state index in [4.69, 9.17) is 28.6 Å². The van der Waals surface area contributed by atoms with E-state index in [1.54, 1.807) is 20.3 Å². The number of benzene rings is 1. The lowest BCUT2D eigenvalue weighted by Crippen LogP contribution is -2.35. The number of aromatic nitrogens is 3. The summed E-state index contributed by atoms with van der Waals surface area (Å²) >= 11 is 0. The van der Waals surface area contributed by atoms with Gasteiger partial charge in [0.1, 0.15) is 29.2 Å². The summed E-state index contributed by atoms with van der Waals surface area (Å²) in [6.45, 7) is 6.20. The van der Waals surface area contributed by atoms with E-state index in [9.17, 15) is 15.3 Å². The van der Waals surface area contributed by atoms with Gasteiger partial charge in [-0.1, -0.05) is 0 Å². The Morgan fingerprint density at radius 2 is 1.71 bits per heavy atom. The van der Waals surface area contributed by atoms with Crippen LogP contribution in [0.5, 0.6) is 17.4 Å². The molecule has 5 rings (SSSR count). The Hall–Kier alpha value is -4.13. The second-order valence-corrected chi connectivity index (χ2v) is 10.4. The number of nitrogens with one attached hydrogen (secondary N) is 2. The van der Waals surface area contributed by atoms with E-state index < -0.39 is 24.2 Å². The number of pyridine rings is 1. The van der Waals surface area contributed by atoms with Gasteiger partial charge in [-0.25, -0.2) is 9.97 Å². The molecule has 3 heterocycles. The molecule has 0 aliphatic heterocycles. The molecule has 12 heteroatoms. The molecule has 3 aromatic heterocycles. The van der Waals surface area contributed by atoms with Gasteiger partial charge in [0, 0.05) is 36.2 Å². The minimum absolute atomic E-state index is 0.237. The summed E-state index contributed by atoms with van der Waals surface area (Å²) in [7, 11) is 3.19. The number of anilines is 2. The first-order chi connectivity index (χ1) is 20.2. The van der Waals surface area contributed by atoms with Gasteiger partial charge in [-0.05, 0) is 57.0 Å². The highest BCUT2D eigenvalue weighted by Crippen LogP contribution is 2.39. The zero-order chi connectivity index (χ0) is 30.0. The summed E-state index contributed by atoms with van der Waals surface area (Å²) in [4.78, 5) is 14.0. The van der Waals surface area contributed by atoms with Crippen LogP contribution in [0.25, 0.3) is 22.3 Å². The standard InChI is InChI=1S/C30H37N5O7/c1-6-41-29-27-18(7-15(2)32-29)11-23(42-27)24-16(3)33-30(31-13-17-8-20(39-4)12-21(9-17)40-5)35-28(24)34-22-10-19(14-36)25(37)26(22)38/h7-9,11-12,19,22,25-26,36-38H,6,10,13-14H2,1-5H3,(H2,31,33,34,35)/t19-,22-,25-,26+/m1/s1. The number of rotatable bonds is 11. The molecule has 1 aromatic carbocycles. The van der Waals surface area contributed by atoms with Gasteiger partial charge in [0.15, 0.2) is 5.58 Å². The quantitative estimate of drug-likeness (QED) is 0.176. The minimum Gasteiger partial charge on any atom is -0.497 e. The topological polar surface area (TPSA) is 164 Å². The second-order valence-electron chi connectivity index (χ2n) is 10.4. The van der Waals surface area contributed by atoms with Gasteiger partial charge >= 0.3 is 0 Å². The number of nitrogens with zero attached hydrogens (tertiary/aromatic N) is 3. The highest BCUT2D eigenvalue weighted by molar-refractivity contribution is 5.89. The Balaban J connectivity index is 1.54.